The number of ether oxygens (including phenoxy) is 1. The number of nitrogens with zero attached hydrogens (tertiary/aromatic N) is 1. The molecular formula is C10H9NO. The van der Waals surface area contributed by atoms with Gasteiger partial charge in [-0.1, -0.05) is 12.1 Å². The maximum Gasteiger partial charge on any atom is 0.150 e. The molecule has 2 heteroatoms. The van der Waals surface area contributed by atoms with Crippen LogP contribution in [-0.2, 0) is 6.42 Å². The van der Waals surface area contributed by atoms with Crippen LogP contribution in [0.2, 0.25) is 0 Å². The van der Waals surface area contributed by atoms with E-state index in [1.165, 1.54) is 11.3 Å². The fraction of sp³-hybridized carbons (Fsp3) is 0.200. The Morgan fingerprint density at radius 1 is 1.33 bits per heavy atom. The molecule has 0 saturated heterocycles. The first-order valence-electron chi connectivity index (χ1n) is 4.17. The molecule has 60 valence electrons. The molecule has 0 radical (unpaired) electrons. The lowest BCUT2D eigenvalue weighted by Crippen LogP contribution is -2.15. The minimum Gasteiger partial charge on any atom is -0.461 e. The van der Waals surface area contributed by atoms with E-state index in [1.54, 1.807) is 6.26 Å². The van der Waals surface area contributed by atoms with Crippen molar-refractivity contribution >= 4 is 5.69 Å². The van der Waals surface area contributed by atoms with Crippen molar-refractivity contribution in [2.24, 2.45) is 0 Å². The van der Waals surface area contributed by atoms with Gasteiger partial charge in [0.15, 0.2) is 5.75 Å². The fourth-order valence-electron chi connectivity index (χ4n) is 1.87. The van der Waals surface area contributed by atoms with Gasteiger partial charge in [-0.15, -0.1) is 0 Å². The summed E-state index contributed by atoms with van der Waals surface area (Å²) in [6.07, 6.45) is 4.88. The molecule has 2 heterocycles. The third-order valence-electron chi connectivity index (χ3n) is 2.43. The molecule has 0 atom stereocenters. The van der Waals surface area contributed by atoms with Gasteiger partial charge in [-0.3, -0.25) is 0 Å². The van der Waals surface area contributed by atoms with E-state index in [0.29, 0.717) is 0 Å². The molecule has 0 N–H and O–H groups in total. The monoisotopic (exact) mass is 159 g/mol. The molecule has 2 aliphatic heterocycles. The van der Waals surface area contributed by atoms with Gasteiger partial charge in [-0.25, -0.2) is 0 Å². The van der Waals surface area contributed by atoms with Crippen LogP contribution in [0.1, 0.15) is 5.56 Å². The van der Waals surface area contributed by atoms with Crippen LogP contribution in [0.15, 0.2) is 30.7 Å². The van der Waals surface area contributed by atoms with Gasteiger partial charge < -0.3 is 9.64 Å². The number of anilines is 1. The smallest absolute Gasteiger partial charge is 0.150 e. The zero-order valence-electron chi connectivity index (χ0n) is 6.66. The molecule has 2 aliphatic rings. The first-order chi connectivity index (χ1) is 5.95. The number of para-hydroxylation sites is 1. The van der Waals surface area contributed by atoms with E-state index in [0.717, 1.165) is 18.7 Å². The molecule has 0 aromatic heterocycles. The predicted molar refractivity (Wildman–Crippen MR) is 47.3 cm³/mol. The molecule has 0 unspecified atom stereocenters. The minimum absolute atomic E-state index is 0.993. The van der Waals surface area contributed by atoms with Crippen LogP contribution >= 0.6 is 0 Å². The third kappa shape index (κ3) is 0.644. The SMILES string of the molecule is C1=CN2CCc3cccc(c32)O1. The second-order valence-corrected chi connectivity index (χ2v) is 3.11. The Morgan fingerprint density at radius 3 is 3.33 bits per heavy atom. The molecule has 0 fully saturated rings. The van der Waals surface area contributed by atoms with Crippen molar-refractivity contribution in [3.63, 3.8) is 0 Å². The summed E-state index contributed by atoms with van der Waals surface area (Å²) in [5.74, 6) is 0.993. The highest BCUT2D eigenvalue weighted by molar-refractivity contribution is 5.69. The maximum atomic E-state index is 5.39. The van der Waals surface area contributed by atoms with Crippen molar-refractivity contribution in [2.45, 2.75) is 6.42 Å². The third-order valence-corrected chi connectivity index (χ3v) is 2.43. The molecule has 1 aromatic rings. The topological polar surface area (TPSA) is 12.5 Å². The van der Waals surface area contributed by atoms with Crippen LogP contribution in [0, 0.1) is 0 Å². The number of rotatable bonds is 0. The molecule has 2 nitrogen and oxygen atoms in total. The van der Waals surface area contributed by atoms with E-state index in [1.807, 2.05) is 12.3 Å². The van der Waals surface area contributed by atoms with Gasteiger partial charge in [0.2, 0.25) is 0 Å². The summed E-state index contributed by atoms with van der Waals surface area (Å²) in [7, 11) is 0. The molecular weight excluding hydrogens is 150 g/mol. The maximum absolute atomic E-state index is 5.39. The molecule has 0 amide bonds. The molecule has 0 bridgehead atoms. The summed E-state index contributed by atoms with van der Waals surface area (Å²) in [5, 5.41) is 0. The zero-order chi connectivity index (χ0) is 7.97. The van der Waals surface area contributed by atoms with Gasteiger partial charge in [-0.2, -0.15) is 0 Å². The van der Waals surface area contributed by atoms with E-state index >= 15 is 0 Å². The molecule has 0 spiro atoms. The normalized spacial score (nSPS) is 17.5. The molecule has 3 rings (SSSR count). The van der Waals surface area contributed by atoms with Crippen molar-refractivity contribution in [2.75, 3.05) is 11.4 Å². The fourth-order valence-corrected chi connectivity index (χ4v) is 1.87. The van der Waals surface area contributed by atoms with E-state index < -0.39 is 0 Å². The Labute approximate surface area is 71.1 Å². The second-order valence-electron chi connectivity index (χ2n) is 3.11. The molecule has 0 aliphatic carbocycles. The van der Waals surface area contributed by atoms with Crippen LogP contribution in [0.3, 0.4) is 0 Å². The van der Waals surface area contributed by atoms with Gasteiger partial charge in [-0.05, 0) is 18.1 Å². The average Bonchev–Trinajstić information content (AvgIpc) is 2.52. The summed E-state index contributed by atoms with van der Waals surface area (Å²) in [5.41, 5.74) is 2.66. The number of hydrogen-bond acceptors (Lipinski definition) is 2. The summed E-state index contributed by atoms with van der Waals surface area (Å²) < 4.78 is 5.39. The first kappa shape index (κ1) is 6.12. The van der Waals surface area contributed by atoms with Crippen molar-refractivity contribution in [1.29, 1.82) is 0 Å². The van der Waals surface area contributed by atoms with Crippen LogP contribution < -0.4 is 9.64 Å². The van der Waals surface area contributed by atoms with Crippen LogP contribution in [0.25, 0.3) is 0 Å². The van der Waals surface area contributed by atoms with Gasteiger partial charge in [0.25, 0.3) is 0 Å². The Kier molecular flexibility index (Phi) is 1.04. The highest BCUT2D eigenvalue weighted by atomic mass is 16.5. The summed E-state index contributed by atoms with van der Waals surface area (Å²) in [6, 6.07) is 6.23. The van der Waals surface area contributed by atoms with Crippen molar-refractivity contribution in [3.8, 4) is 5.75 Å². The van der Waals surface area contributed by atoms with Gasteiger partial charge in [0, 0.05) is 12.7 Å². The highest BCUT2D eigenvalue weighted by Gasteiger charge is 2.23. The van der Waals surface area contributed by atoms with Gasteiger partial charge in [0.05, 0.1) is 5.69 Å². The summed E-state index contributed by atoms with van der Waals surface area (Å²) >= 11 is 0. The standard InChI is InChI=1S/C10H9NO/c1-2-8-4-5-11-6-7-12-9(3-1)10(8)11/h1-3,6-7H,4-5H2. The lowest BCUT2D eigenvalue weighted by Gasteiger charge is -2.20. The summed E-state index contributed by atoms with van der Waals surface area (Å²) in [6.45, 7) is 1.09. The highest BCUT2D eigenvalue weighted by Crippen LogP contribution is 2.39. The van der Waals surface area contributed by atoms with E-state index in [-0.39, 0.29) is 0 Å². The zero-order valence-corrected chi connectivity index (χ0v) is 6.66. The average molecular weight is 159 g/mol. The van der Waals surface area contributed by atoms with Gasteiger partial charge >= 0.3 is 0 Å². The quantitative estimate of drug-likeness (QED) is 0.573. The molecule has 1 aromatic carbocycles. The molecule has 12 heavy (non-hydrogen) atoms. The van der Waals surface area contributed by atoms with Crippen molar-refractivity contribution in [1.82, 2.24) is 0 Å². The van der Waals surface area contributed by atoms with Gasteiger partial charge in [0.1, 0.15) is 6.26 Å². The van der Waals surface area contributed by atoms with E-state index in [2.05, 4.69) is 17.0 Å². The first-order valence-corrected chi connectivity index (χ1v) is 4.17. The predicted octanol–water partition coefficient (Wildman–Crippen LogP) is 1.91. The van der Waals surface area contributed by atoms with E-state index in [9.17, 15) is 0 Å². The Morgan fingerprint density at radius 2 is 2.33 bits per heavy atom. The molecule has 0 saturated carbocycles. The lowest BCUT2D eigenvalue weighted by atomic mass is 10.1. The minimum atomic E-state index is 0.993. The second kappa shape index (κ2) is 2.03. The van der Waals surface area contributed by atoms with Crippen LogP contribution in [0.4, 0.5) is 5.69 Å². The lowest BCUT2D eigenvalue weighted by molar-refractivity contribution is 0.471. The van der Waals surface area contributed by atoms with Crippen LogP contribution in [-0.4, -0.2) is 6.54 Å². The van der Waals surface area contributed by atoms with E-state index in [4.69, 9.17) is 4.74 Å². The Bertz CT molecular complexity index is 357. The van der Waals surface area contributed by atoms with Crippen molar-refractivity contribution in [3.05, 3.63) is 36.2 Å². The number of hydrogen-bond donors (Lipinski definition) is 0. The van der Waals surface area contributed by atoms with Crippen molar-refractivity contribution < 1.29 is 4.74 Å². The van der Waals surface area contributed by atoms with Crippen LogP contribution in [0.5, 0.6) is 5.75 Å². The Balaban J connectivity index is 2.28. The number of benzene rings is 1. The summed E-state index contributed by atoms with van der Waals surface area (Å²) in [4.78, 5) is 2.24. The Hall–Kier alpha value is -1.44. The largest absolute Gasteiger partial charge is 0.461 e.